The molecule has 1 unspecified atom stereocenters. The minimum atomic E-state index is -0.166. The lowest BCUT2D eigenvalue weighted by Crippen LogP contribution is -2.49. The molecule has 0 bridgehead atoms. The molecule has 1 aliphatic heterocycles. The van der Waals surface area contributed by atoms with Crippen molar-refractivity contribution in [3.05, 3.63) is 34.3 Å². The van der Waals surface area contributed by atoms with Crippen LogP contribution in [0, 0.1) is 0 Å². The van der Waals surface area contributed by atoms with E-state index < -0.39 is 0 Å². The summed E-state index contributed by atoms with van der Waals surface area (Å²) in [5.41, 5.74) is 7.40. The number of hydrogen-bond acceptors (Lipinski definition) is 3. The maximum absolute atomic E-state index is 6.27. The summed E-state index contributed by atoms with van der Waals surface area (Å²) in [5.74, 6) is 0. The lowest BCUT2D eigenvalue weighted by molar-refractivity contribution is 0.159. The highest BCUT2D eigenvalue weighted by molar-refractivity contribution is 9.10. The number of hydrogen-bond donors (Lipinski definition) is 1. The molecule has 1 aliphatic rings. The predicted molar refractivity (Wildman–Crippen MR) is 72.8 cm³/mol. The summed E-state index contributed by atoms with van der Waals surface area (Å²) >= 11 is 3.49. The van der Waals surface area contributed by atoms with E-state index in [4.69, 9.17) is 10.5 Å². The summed E-state index contributed by atoms with van der Waals surface area (Å²) in [6.45, 7) is 3.26. The third kappa shape index (κ3) is 3.78. The topological polar surface area (TPSA) is 38.5 Å². The van der Waals surface area contributed by atoms with E-state index in [1.807, 2.05) is 6.07 Å². The Kier molecular flexibility index (Phi) is 4.20. The van der Waals surface area contributed by atoms with Gasteiger partial charge in [0.2, 0.25) is 0 Å². The first kappa shape index (κ1) is 13.0. The Balaban J connectivity index is 1.90. The van der Waals surface area contributed by atoms with Gasteiger partial charge in [0.1, 0.15) is 0 Å². The summed E-state index contributed by atoms with van der Waals surface area (Å²) < 4.78 is 6.49. The molecular formula is C13H19BrN2O. The Hall–Kier alpha value is -0.420. The van der Waals surface area contributed by atoms with E-state index in [1.54, 1.807) is 0 Å². The van der Waals surface area contributed by atoms with Crippen molar-refractivity contribution in [3.8, 4) is 0 Å². The van der Waals surface area contributed by atoms with Gasteiger partial charge in [0, 0.05) is 24.2 Å². The molecule has 94 valence electrons. The highest BCUT2D eigenvalue weighted by Crippen LogP contribution is 2.18. The fraction of sp³-hybridized carbons (Fsp3) is 0.538. The van der Waals surface area contributed by atoms with Gasteiger partial charge in [0.15, 0.2) is 0 Å². The molecule has 0 saturated carbocycles. The molecule has 1 fully saturated rings. The van der Waals surface area contributed by atoms with Crippen molar-refractivity contribution in [1.82, 2.24) is 4.90 Å². The van der Waals surface area contributed by atoms with E-state index in [2.05, 4.69) is 46.1 Å². The van der Waals surface area contributed by atoms with Gasteiger partial charge in [-0.15, -0.1) is 0 Å². The van der Waals surface area contributed by atoms with Crippen LogP contribution in [0.5, 0.6) is 0 Å². The molecule has 0 aliphatic carbocycles. The summed E-state index contributed by atoms with van der Waals surface area (Å²) in [6, 6.07) is 8.38. The minimum absolute atomic E-state index is 0.166. The van der Waals surface area contributed by atoms with Gasteiger partial charge in [0.05, 0.1) is 12.1 Å². The van der Waals surface area contributed by atoms with Gasteiger partial charge in [-0.05, 0) is 31.2 Å². The van der Waals surface area contributed by atoms with Crippen molar-refractivity contribution < 1.29 is 4.74 Å². The molecule has 2 rings (SSSR count). The van der Waals surface area contributed by atoms with E-state index in [1.165, 1.54) is 5.56 Å². The first-order chi connectivity index (χ1) is 8.07. The monoisotopic (exact) mass is 298 g/mol. The van der Waals surface area contributed by atoms with Crippen LogP contribution in [0.4, 0.5) is 0 Å². The first-order valence-electron chi connectivity index (χ1n) is 5.87. The summed E-state index contributed by atoms with van der Waals surface area (Å²) in [5, 5.41) is 0. The maximum atomic E-state index is 6.27. The van der Waals surface area contributed by atoms with Crippen molar-refractivity contribution in [2.45, 2.75) is 18.5 Å². The van der Waals surface area contributed by atoms with Crippen molar-refractivity contribution in [1.29, 1.82) is 0 Å². The minimum Gasteiger partial charge on any atom is -0.379 e. The van der Waals surface area contributed by atoms with Crippen molar-refractivity contribution in [3.63, 3.8) is 0 Å². The zero-order valence-electron chi connectivity index (χ0n) is 10.2. The second-order valence-corrected chi connectivity index (χ2v) is 5.88. The van der Waals surface area contributed by atoms with E-state index >= 15 is 0 Å². The quantitative estimate of drug-likeness (QED) is 0.924. The number of halogens is 1. The number of ether oxygens (including phenoxy) is 1. The van der Waals surface area contributed by atoms with Crippen LogP contribution >= 0.6 is 15.9 Å². The van der Waals surface area contributed by atoms with Crippen LogP contribution in [0.15, 0.2) is 28.7 Å². The highest BCUT2D eigenvalue weighted by Gasteiger charge is 2.31. The van der Waals surface area contributed by atoms with E-state index in [9.17, 15) is 0 Å². The highest BCUT2D eigenvalue weighted by atomic mass is 79.9. The lowest BCUT2D eigenvalue weighted by Gasteiger charge is -2.28. The van der Waals surface area contributed by atoms with Crippen molar-refractivity contribution in [2.75, 3.05) is 26.8 Å². The van der Waals surface area contributed by atoms with Gasteiger partial charge in [0.25, 0.3) is 0 Å². The largest absolute Gasteiger partial charge is 0.379 e. The summed E-state index contributed by atoms with van der Waals surface area (Å²) in [7, 11) is 2.10. The number of rotatable bonds is 4. The van der Waals surface area contributed by atoms with Gasteiger partial charge in [-0.2, -0.15) is 0 Å². The molecule has 1 heterocycles. The molecule has 1 aromatic rings. The number of nitrogens with two attached hydrogens (primary N) is 1. The van der Waals surface area contributed by atoms with Crippen LogP contribution in [0.25, 0.3) is 0 Å². The maximum Gasteiger partial charge on any atom is 0.0659 e. The summed E-state index contributed by atoms with van der Waals surface area (Å²) in [4.78, 5) is 2.26. The Labute approximate surface area is 111 Å². The first-order valence-corrected chi connectivity index (χ1v) is 6.66. The van der Waals surface area contributed by atoms with E-state index in [0.717, 1.165) is 30.6 Å². The molecule has 3 nitrogen and oxygen atoms in total. The molecular weight excluding hydrogens is 280 g/mol. The molecule has 17 heavy (non-hydrogen) atoms. The van der Waals surface area contributed by atoms with Gasteiger partial charge in [-0.25, -0.2) is 0 Å². The fourth-order valence-corrected chi connectivity index (χ4v) is 2.73. The zero-order valence-corrected chi connectivity index (χ0v) is 11.7. The third-order valence-electron chi connectivity index (χ3n) is 3.06. The van der Waals surface area contributed by atoms with Crippen LogP contribution in [0.1, 0.15) is 12.0 Å². The van der Waals surface area contributed by atoms with Crippen molar-refractivity contribution in [2.24, 2.45) is 5.73 Å². The molecule has 0 aromatic heterocycles. The smallest absolute Gasteiger partial charge is 0.0659 e. The Morgan fingerprint density at radius 3 is 3.00 bits per heavy atom. The molecule has 1 aromatic carbocycles. The second kappa shape index (κ2) is 5.48. The average Bonchev–Trinajstić information content (AvgIpc) is 2.64. The molecule has 0 spiro atoms. The van der Waals surface area contributed by atoms with Gasteiger partial charge < -0.3 is 15.4 Å². The summed E-state index contributed by atoms with van der Waals surface area (Å²) in [6.07, 6.45) is 0.954. The average molecular weight is 299 g/mol. The molecule has 1 saturated heterocycles. The number of benzene rings is 1. The van der Waals surface area contributed by atoms with Gasteiger partial charge >= 0.3 is 0 Å². The van der Waals surface area contributed by atoms with Crippen molar-refractivity contribution >= 4 is 15.9 Å². The van der Waals surface area contributed by atoms with Crippen LogP contribution in [0.3, 0.4) is 0 Å². The standard InChI is InChI=1S/C13H19BrN2O/c1-16(9-13(15)5-6-17-10-13)8-11-3-2-4-12(14)7-11/h2-4,7H,5-6,8-10,15H2,1H3. The third-order valence-corrected chi connectivity index (χ3v) is 3.55. The van der Waals surface area contributed by atoms with Gasteiger partial charge in [-0.3, -0.25) is 0 Å². The lowest BCUT2D eigenvalue weighted by atomic mass is 9.99. The molecule has 0 amide bonds. The van der Waals surface area contributed by atoms with E-state index in [0.29, 0.717) is 6.61 Å². The Bertz CT molecular complexity index is 377. The fourth-order valence-electron chi connectivity index (χ4n) is 2.29. The zero-order chi connectivity index (χ0) is 12.3. The number of nitrogens with zero attached hydrogens (tertiary/aromatic N) is 1. The SMILES string of the molecule is CN(Cc1cccc(Br)c1)CC1(N)CCOC1. The van der Waals surface area contributed by atoms with Crippen LogP contribution in [-0.2, 0) is 11.3 Å². The normalized spacial score (nSPS) is 24.5. The van der Waals surface area contributed by atoms with Crippen LogP contribution in [0.2, 0.25) is 0 Å². The molecule has 1 atom stereocenters. The molecule has 0 radical (unpaired) electrons. The Morgan fingerprint density at radius 2 is 2.35 bits per heavy atom. The van der Waals surface area contributed by atoms with Crippen LogP contribution in [-0.4, -0.2) is 37.2 Å². The van der Waals surface area contributed by atoms with E-state index in [-0.39, 0.29) is 5.54 Å². The predicted octanol–water partition coefficient (Wildman–Crippen LogP) is 2.00. The molecule has 4 heteroatoms. The van der Waals surface area contributed by atoms with Crippen LogP contribution < -0.4 is 5.73 Å². The molecule has 2 N–H and O–H groups in total. The van der Waals surface area contributed by atoms with Gasteiger partial charge in [-0.1, -0.05) is 28.1 Å². The number of likely N-dealkylation sites (N-methyl/N-ethyl adjacent to an activating group) is 1. The Morgan fingerprint density at radius 1 is 1.53 bits per heavy atom. The second-order valence-electron chi connectivity index (χ2n) is 4.97.